The van der Waals surface area contributed by atoms with Gasteiger partial charge in [-0.05, 0) is 23.9 Å². The molecule has 5 nitrogen and oxygen atoms in total. The monoisotopic (exact) mass is 239 g/mol. The van der Waals surface area contributed by atoms with Crippen molar-refractivity contribution in [2.24, 2.45) is 0 Å². The Morgan fingerprint density at radius 3 is 2.94 bits per heavy atom. The minimum Gasteiger partial charge on any atom is -0.339 e. The van der Waals surface area contributed by atoms with Gasteiger partial charge in [-0.25, -0.2) is 4.98 Å². The van der Waals surface area contributed by atoms with Crippen molar-refractivity contribution < 1.29 is 9.31 Å². The molecule has 1 heterocycles. The van der Waals surface area contributed by atoms with Crippen LogP contribution in [0.1, 0.15) is 0 Å². The van der Waals surface area contributed by atoms with E-state index in [9.17, 15) is 14.5 Å². The van der Waals surface area contributed by atoms with Crippen LogP contribution < -0.4 is 0 Å². The van der Waals surface area contributed by atoms with Gasteiger partial charge in [-0.15, -0.1) is 0 Å². The summed E-state index contributed by atoms with van der Waals surface area (Å²) in [6.07, 6.45) is 3.11. The first-order chi connectivity index (χ1) is 7.68. The Bertz CT molecular complexity index is 515. The quantitative estimate of drug-likeness (QED) is 0.660. The van der Waals surface area contributed by atoms with Crippen LogP contribution in [0.15, 0.2) is 40.6 Å². The molecule has 0 spiro atoms. The Balaban J connectivity index is 2.40. The van der Waals surface area contributed by atoms with Crippen LogP contribution >= 0.6 is 11.8 Å². The smallest absolute Gasteiger partial charge is 0.318 e. The van der Waals surface area contributed by atoms with Gasteiger partial charge in [-0.2, -0.15) is 4.39 Å². The van der Waals surface area contributed by atoms with E-state index in [2.05, 4.69) is 9.97 Å². The zero-order valence-corrected chi connectivity index (χ0v) is 8.70. The Labute approximate surface area is 93.9 Å². The SMILES string of the molecule is O=[N+]([O-])c1c(F)cccc1Sc1ncc[nH]1. The lowest BCUT2D eigenvalue weighted by atomic mass is 10.3. The van der Waals surface area contributed by atoms with Crippen LogP contribution in [0, 0.1) is 15.9 Å². The molecular weight excluding hydrogens is 233 g/mol. The number of H-pyrrole nitrogens is 1. The van der Waals surface area contributed by atoms with E-state index in [1.165, 1.54) is 18.3 Å². The lowest BCUT2D eigenvalue weighted by molar-refractivity contribution is -0.390. The fourth-order valence-electron chi connectivity index (χ4n) is 1.17. The minimum absolute atomic E-state index is 0.222. The number of hydrogen-bond donors (Lipinski definition) is 1. The largest absolute Gasteiger partial charge is 0.339 e. The average Bonchev–Trinajstić information content (AvgIpc) is 2.70. The van der Waals surface area contributed by atoms with Crippen molar-refractivity contribution in [3.8, 4) is 0 Å². The molecule has 0 amide bonds. The molecule has 0 saturated heterocycles. The van der Waals surface area contributed by atoms with Crippen LogP contribution in [0.3, 0.4) is 0 Å². The lowest BCUT2D eigenvalue weighted by Crippen LogP contribution is -1.94. The average molecular weight is 239 g/mol. The molecule has 2 rings (SSSR count). The van der Waals surface area contributed by atoms with Crippen molar-refractivity contribution in [2.45, 2.75) is 10.1 Å². The summed E-state index contributed by atoms with van der Waals surface area (Å²) in [7, 11) is 0. The molecule has 0 bridgehead atoms. The molecule has 16 heavy (non-hydrogen) atoms. The van der Waals surface area contributed by atoms with Gasteiger partial charge in [0.25, 0.3) is 0 Å². The summed E-state index contributed by atoms with van der Waals surface area (Å²) in [5.41, 5.74) is -0.524. The molecule has 0 aliphatic heterocycles. The van der Waals surface area contributed by atoms with Crippen LogP contribution in [0.4, 0.5) is 10.1 Å². The lowest BCUT2D eigenvalue weighted by Gasteiger charge is -2.00. The predicted molar refractivity (Wildman–Crippen MR) is 55.8 cm³/mol. The van der Waals surface area contributed by atoms with E-state index in [1.807, 2.05) is 0 Å². The Hall–Kier alpha value is -1.89. The van der Waals surface area contributed by atoms with Crippen molar-refractivity contribution in [3.05, 3.63) is 46.5 Å². The number of para-hydroxylation sites is 1. The van der Waals surface area contributed by atoms with E-state index in [0.717, 1.165) is 17.8 Å². The van der Waals surface area contributed by atoms with Gasteiger partial charge in [0.1, 0.15) is 0 Å². The first kappa shape index (κ1) is 10.6. The van der Waals surface area contributed by atoms with Crippen molar-refractivity contribution >= 4 is 17.4 Å². The van der Waals surface area contributed by atoms with Gasteiger partial charge in [-0.3, -0.25) is 10.1 Å². The number of halogens is 1. The molecule has 0 radical (unpaired) electrons. The molecule has 2 aromatic rings. The second kappa shape index (κ2) is 4.31. The molecule has 0 saturated carbocycles. The standard InChI is InChI=1S/C9H6FN3O2S/c10-6-2-1-3-7(8(6)13(14)15)16-9-11-4-5-12-9/h1-5H,(H,11,12). The fourth-order valence-corrected chi connectivity index (χ4v) is 2.03. The van der Waals surface area contributed by atoms with Crippen molar-refractivity contribution in [1.29, 1.82) is 0 Å². The molecular formula is C9H6FN3O2S. The third kappa shape index (κ3) is 2.03. The summed E-state index contributed by atoms with van der Waals surface area (Å²) < 4.78 is 13.2. The van der Waals surface area contributed by atoms with Gasteiger partial charge in [0.2, 0.25) is 5.82 Å². The highest BCUT2D eigenvalue weighted by Crippen LogP contribution is 2.34. The van der Waals surface area contributed by atoms with Gasteiger partial charge in [-0.1, -0.05) is 6.07 Å². The molecule has 1 aromatic heterocycles. The zero-order valence-electron chi connectivity index (χ0n) is 7.88. The summed E-state index contributed by atoms with van der Waals surface area (Å²) in [6, 6.07) is 3.96. The van der Waals surface area contributed by atoms with Crippen LogP contribution in [0.5, 0.6) is 0 Å². The second-order valence-electron chi connectivity index (χ2n) is 2.84. The number of imidazole rings is 1. The first-order valence-electron chi connectivity index (χ1n) is 4.28. The normalized spacial score (nSPS) is 10.3. The molecule has 0 aliphatic rings. The maximum Gasteiger partial charge on any atom is 0.318 e. The summed E-state index contributed by atoms with van der Waals surface area (Å²) >= 11 is 1.02. The van der Waals surface area contributed by atoms with Crippen molar-refractivity contribution in [3.63, 3.8) is 0 Å². The summed E-state index contributed by atoms with van der Waals surface area (Å²) in [6.45, 7) is 0. The minimum atomic E-state index is -0.846. The maximum absolute atomic E-state index is 13.2. The van der Waals surface area contributed by atoms with Crippen molar-refractivity contribution in [2.75, 3.05) is 0 Å². The zero-order chi connectivity index (χ0) is 11.5. The summed E-state index contributed by atoms with van der Waals surface area (Å²) in [5, 5.41) is 11.2. The maximum atomic E-state index is 13.2. The van der Waals surface area contributed by atoms with Gasteiger partial charge in [0.15, 0.2) is 5.16 Å². The molecule has 0 unspecified atom stereocenters. The number of hydrogen-bond acceptors (Lipinski definition) is 4. The number of nitro groups is 1. The predicted octanol–water partition coefficient (Wildman–Crippen LogP) is 2.61. The molecule has 82 valence electrons. The van der Waals surface area contributed by atoms with Crippen LogP contribution in [0.25, 0.3) is 0 Å². The Morgan fingerprint density at radius 2 is 2.31 bits per heavy atom. The van der Waals surface area contributed by atoms with Gasteiger partial charge < -0.3 is 4.98 Å². The Kier molecular flexibility index (Phi) is 2.86. The van der Waals surface area contributed by atoms with E-state index < -0.39 is 16.4 Å². The van der Waals surface area contributed by atoms with Crippen LogP contribution in [-0.2, 0) is 0 Å². The van der Waals surface area contributed by atoms with Gasteiger partial charge in [0.05, 0.1) is 9.82 Å². The van der Waals surface area contributed by atoms with E-state index in [-0.39, 0.29) is 4.90 Å². The molecule has 0 aliphatic carbocycles. The van der Waals surface area contributed by atoms with Crippen molar-refractivity contribution in [1.82, 2.24) is 9.97 Å². The number of aromatic amines is 1. The first-order valence-corrected chi connectivity index (χ1v) is 5.10. The molecule has 0 atom stereocenters. The third-order valence-corrected chi connectivity index (χ3v) is 2.78. The molecule has 7 heteroatoms. The number of nitro benzene ring substituents is 1. The molecule has 0 fully saturated rings. The summed E-state index contributed by atoms with van der Waals surface area (Å²) in [5.74, 6) is -0.846. The summed E-state index contributed by atoms with van der Waals surface area (Å²) in [4.78, 5) is 16.9. The Morgan fingerprint density at radius 1 is 1.50 bits per heavy atom. The van der Waals surface area contributed by atoms with Crippen LogP contribution in [0.2, 0.25) is 0 Å². The van der Waals surface area contributed by atoms with Gasteiger partial charge >= 0.3 is 5.69 Å². The molecule has 1 N–H and O–H groups in total. The van der Waals surface area contributed by atoms with E-state index in [4.69, 9.17) is 0 Å². The third-order valence-electron chi connectivity index (χ3n) is 1.81. The highest BCUT2D eigenvalue weighted by Gasteiger charge is 2.20. The van der Waals surface area contributed by atoms with E-state index in [0.29, 0.717) is 5.16 Å². The topological polar surface area (TPSA) is 71.8 Å². The number of nitrogens with one attached hydrogen (secondary N) is 1. The number of aromatic nitrogens is 2. The number of benzene rings is 1. The van der Waals surface area contributed by atoms with Gasteiger partial charge in [0, 0.05) is 12.4 Å². The van der Waals surface area contributed by atoms with Crippen LogP contribution in [-0.4, -0.2) is 14.9 Å². The fraction of sp³-hybridized carbons (Fsp3) is 0. The highest BCUT2D eigenvalue weighted by atomic mass is 32.2. The number of rotatable bonds is 3. The second-order valence-corrected chi connectivity index (χ2v) is 3.87. The number of nitrogens with zero attached hydrogens (tertiary/aromatic N) is 2. The van der Waals surface area contributed by atoms with E-state index >= 15 is 0 Å². The highest BCUT2D eigenvalue weighted by molar-refractivity contribution is 7.99. The molecule has 1 aromatic carbocycles. The van der Waals surface area contributed by atoms with E-state index in [1.54, 1.807) is 6.20 Å².